The number of benzene rings is 1. The van der Waals surface area contributed by atoms with Gasteiger partial charge >= 0.3 is 5.97 Å². The molecule has 2 heterocycles. The standard InChI is InChI=1S/C21H25N3O5/c1-12(2)18-17(13(3)23-29-18)19(25)22-15-8-6-7-14(11-15)20(26)24-10-5-4-9-16(24)21(27)28/h6-8,11-12,16H,4-5,9-10H2,1-3H3,(H,22,25)(H,27,28). The van der Waals surface area contributed by atoms with Gasteiger partial charge in [-0.15, -0.1) is 0 Å². The number of aliphatic carboxylic acids is 1. The first-order valence-corrected chi connectivity index (χ1v) is 9.71. The molecule has 154 valence electrons. The second-order valence-electron chi connectivity index (χ2n) is 7.55. The SMILES string of the molecule is Cc1noc(C(C)C)c1C(=O)Nc1cccc(C(=O)N2CCCCC2C(=O)O)c1. The monoisotopic (exact) mass is 399 g/mol. The number of amides is 2. The van der Waals surface area contributed by atoms with E-state index in [-0.39, 0.29) is 17.7 Å². The Morgan fingerprint density at radius 1 is 1.28 bits per heavy atom. The van der Waals surface area contributed by atoms with E-state index in [2.05, 4.69) is 10.5 Å². The first kappa shape index (κ1) is 20.6. The van der Waals surface area contributed by atoms with E-state index < -0.39 is 12.0 Å². The van der Waals surface area contributed by atoms with Crippen molar-refractivity contribution >= 4 is 23.5 Å². The number of aromatic nitrogens is 1. The summed E-state index contributed by atoms with van der Waals surface area (Å²) in [5.41, 5.74) is 1.66. The number of carboxylic acid groups (broad SMARTS) is 1. The molecule has 2 N–H and O–H groups in total. The Morgan fingerprint density at radius 2 is 2.03 bits per heavy atom. The lowest BCUT2D eigenvalue weighted by atomic mass is 10.0. The van der Waals surface area contributed by atoms with Crippen LogP contribution in [0.5, 0.6) is 0 Å². The lowest BCUT2D eigenvalue weighted by Gasteiger charge is -2.33. The molecular weight excluding hydrogens is 374 g/mol. The lowest BCUT2D eigenvalue weighted by molar-refractivity contribution is -0.143. The lowest BCUT2D eigenvalue weighted by Crippen LogP contribution is -2.48. The van der Waals surface area contributed by atoms with E-state index in [0.29, 0.717) is 41.2 Å². The summed E-state index contributed by atoms with van der Waals surface area (Å²) in [6.45, 7) is 5.93. The third kappa shape index (κ3) is 4.31. The minimum atomic E-state index is -0.994. The van der Waals surface area contributed by atoms with Gasteiger partial charge in [-0.1, -0.05) is 25.1 Å². The molecule has 0 saturated carbocycles. The van der Waals surface area contributed by atoms with Crippen LogP contribution in [0.4, 0.5) is 5.69 Å². The number of rotatable bonds is 5. The molecule has 0 spiro atoms. The van der Waals surface area contributed by atoms with Crippen molar-refractivity contribution in [2.75, 3.05) is 11.9 Å². The fourth-order valence-corrected chi connectivity index (χ4v) is 3.58. The van der Waals surface area contributed by atoms with Crippen LogP contribution in [0, 0.1) is 6.92 Å². The van der Waals surface area contributed by atoms with Crippen LogP contribution in [0.2, 0.25) is 0 Å². The van der Waals surface area contributed by atoms with Crippen molar-refractivity contribution in [2.45, 2.75) is 52.0 Å². The summed E-state index contributed by atoms with van der Waals surface area (Å²) in [5, 5.41) is 16.1. The van der Waals surface area contributed by atoms with Gasteiger partial charge in [0.05, 0.1) is 5.69 Å². The van der Waals surface area contributed by atoms with E-state index in [1.165, 1.54) is 4.90 Å². The van der Waals surface area contributed by atoms with Gasteiger partial charge in [0.15, 0.2) is 5.76 Å². The second kappa shape index (κ2) is 8.46. The number of piperidine rings is 1. The molecule has 2 amide bonds. The molecule has 1 unspecified atom stereocenters. The molecular formula is C21H25N3O5. The maximum atomic E-state index is 12.9. The maximum Gasteiger partial charge on any atom is 0.326 e. The van der Waals surface area contributed by atoms with Crippen LogP contribution in [-0.4, -0.2) is 45.5 Å². The van der Waals surface area contributed by atoms with Crippen LogP contribution in [0.3, 0.4) is 0 Å². The summed E-state index contributed by atoms with van der Waals surface area (Å²) in [4.78, 5) is 38.6. The van der Waals surface area contributed by atoms with Crippen molar-refractivity contribution in [1.29, 1.82) is 0 Å². The summed E-state index contributed by atoms with van der Waals surface area (Å²) >= 11 is 0. The number of anilines is 1. The van der Waals surface area contributed by atoms with Crippen LogP contribution < -0.4 is 5.32 Å². The fourth-order valence-electron chi connectivity index (χ4n) is 3.58. The van der Waals surface area contributed by atoms with Crippen molar-refractivity contribution in [3.05, 3.63) is 46.8 Å². The molecule has 1 aromatic carbocycles. The predicted octanol–water partition coefficient (Wildman–Crippen LogP) is 3.44. The molecule has 1 fully saturated rings. The van der Waals surface area contributed by atoms with Gasteiger partial charge in [-0.25, -0.2) is 4.79 Å². The number of nitrogens with zero attached hydrogens (tertiary/aromatic N) is 2. The van der Waals surface area contributed by atoms with Crippen LogP contribution in [-0.2, 0) is 4.79 Å². The minimum Gasteiger partial charge on any atom is -0.480 e. The average molecular weight is 399 g/mol. The van der Waals surface area contributed by atoms with Crippen molar-refractivity contribution in [3.8, 4) is 0 Å². The zero-order valence-electron chi connectivity index (χ0n) is 16.8. The predicted molar refractivity (Wildman–Crippen MR) is 106 cm³/mol. The largest absolute Gasteiger partial charge is 0.480 e. The Balaban J connectivity index is 1.81. The number of aryl methyl sites for hydroxylation is 1. The number of carboxylic acids is 1. The van der Waals surface area contributed by atoms with Gasteiger partial charge in [-0.2, -0.15) is 0 Å². The zero-order valence-corrected chi connectivity index (χ0v) is 16.8. The summed E-state index contributed by atoms with van der Waals surface area (Å²) in [7, 11) is 0. The normalized spacial score (nSPS) is 16.7. The quantitative estimate of drug-likeness (QED) is 0.796. The average Bonchev–Trinajstić information content (AvgIpc) is 3.09. The molecule has 1 atom stereocenters. The van der Waals surface area contributed by atoms with E-state index in [9.17, 15) is 19.5 Å². The summed E-state index contributed by atoms with van der Waals surface area (Å²) in [6.07, 6.45) is 2.01. The van der Waals surface area contributed by atoms with Gasteiger partial charge in [0, 0.05) is 23.7 Å². The molecule has 1 aliphatic rings. The Hall–Kier alpha value is -3.16. The Bertz CT molecular complexity index is 934. The molecule has 1 aliphatic heterocycles. The van der Waals surface area contributed by atoms with Crippen LogP contribution in [0.15, 0.2) is 28.8 Å². The van der Waals surface area contributed by atoms with Gasteiger partial charge in [0.25, 0.3) is 11.8 Å². The Kier molecular flexibility index (Phi) is 6.00. The molecule has 0 bridgehead atoms. The molecule has 0 aliphatic carbocycles. The first-order valence-electron chi connectivity index (χ1n) is 9.71. The van der Waals surface area contributed by atoms with Crippen LogP contribution in [0.1, 0.15) is 71.2 Å². The van der Waals surface area contributed by atoms with E-state index >= 15 is 0 Å². The van der Waals surface area contributed by atoms with Crippen LogP contribution in [0.25, 0.3) is 0 Å². The molecule has 8 heteroatoms. The highest BCUT2D eigenvalue weighted by Gasteiger charge is 2.32. The van der Waals surface area contributed by atoms with E-state index in [1.54, 1.807) is 31.2 Å². The molecule has 1 aromatic heterocycles. The highest BCUT2D eigenvalue weighted by Crippen LogP contribution is 2.25. The third-order valence-electron chi connectivity index (χ3n) is 5.06. The summed E-state index contributed by atoms with van der Waals surface area (Å²) in [6, 6.07) is 5.70. The number of carbonyl (C=O) groups excluding carboxylic acids is 2. The fraction of sp³-hybridized carbons (Fsp3) is 0.429. The number of likely N-dealkylation sites (tertiary alicyclic amines) is 1. The second-order valence-corrected chi connectivity index (χ2v) is 7.55. The van der Waals surface area contributed by atoms with Gasteiger partial charge < -0.3 is 19.8 Å². The first-order chi connectivity index (χ1) is 13.8. The highest BCUT2D eigenvalue weighted by molar-refractivity contribution is 6.06. The smallest absolute Gasteiger partial charge is 0.326 e. The number of hydrogen-bond donors (Lipinski definition) is 2. The molecule has 3 rings (SSSR count). The van der Waals surface area contributed by atoms with E-state index in [1.807, 2.05) is 13.8 Å². The number of hydrogen-bond acceptors (Lipinski definition) is 5. The van der Waals surface area contributed by atoms with E-state index in [4.69, 9.17) is 4.52 Å². The van der Waals surface area contributed by atoms with Gasteiger partial charge in [-0.3, -0.25) is 9.59 Å². The topological polar surface area (TPSA) is 113 Å². The van der Waals surface area contributed by atoms with Crippen molar-refractivity contribution in [2.24, 2.45) is 0 Å². The molecule has 0 radical (unpaired) electrons. The molecule has 29 heavy (non-hydrogen) atoms. The van der Waals surface area contributed by atoms with E-state index in [0.717, 1.165) is 12.8 Å². The van der Waals surface area contributed by atoms with Gasteiger partial charge in [0.1, 0.15) is 11.6 Å². The van der Waals surface area contributed by atoms with Crippen molar-refractivity contribution < 1.29 is 24.0 Å². The summed E-state index contributed by atoms with van der Waals surface area (Å²) in [5.74, 6) is -1.20. The minimum absolute atomic E-state index is 0.00286. The third-order valence-corrected chi connectivity index (χ3v) is 5.06. The van der Waals surface area contributed by atoms with Crippen molar-refractivity contribution in [3.63, 3.8) is 0 Å². The molecule has 1 saturated heterocycles. The summed E-state index contributed by atoms with van der Waals surface area (Å²) < 4.78 is 5.26. The highest BCUT2D eigenvalue weighted by atomic mass is 16.5. The maximum absolute atomic E-state index is 12.9. The van der Waals surface area contributed by atoms with Crippen molar-refractivity contribution in [1.82, 2.24) is 10.1 Å². The van der Waals surface area contributed by atoms with Gasteiger partial charge in [0.2, 0.25) is 0 Å². The zero-order chi connectivity index (χ0) is 21.1. The number of nitrogens with one attached hydrogen (secondary N) is 1. The Labute approximate surface area is 168 Å². The van der Waals surface area contributed by atoms with Gasteiger partial charge in [-0.05, 0) is 44.4 Å². The Morgan fingerprint density at radius 3 is 2.72 bits per heavy atom. The molecule has 2 aromatic rings. The molecule has 8 nitrogen and oxygen atoms in total. The number of carbonyl (C=O) groups is 3. The van der Waals surface area contributed by atoms with Crippen LogP contribution >= 0.6 is 0 Å².